The Bertz CT molecular complexity index is 789. The van der Waals surface area contributed by atoms with Gasteiger partial charge in [-0.15, -0.1) is 0 Å². The number of fused-ring (bicyclic) bond motifs is 1. The van der Waals surface area contributed by atoms with Gasteiger partial charge in [-0.25, -0.2) is 0 Å². The Balaban J connectivity index is 1.56. The first-order valence-corrected chi connectivity index (χ1v) is 9.03. The molecule has 138 valence electrons. The van der Waals surface area contributed by atoms with Crippen LogP contribution in [0.4, 0.5) is 5.69 Å². The summed E-state index contributed by atoms with van der Waals surface area (Å²) in [6.45, 7) is 1.14. The third-order valence-electron chi connectivity index (χ3n) is 4.80. The standard InChI is InChI=1S/C21H26N2O3/c1-23(13-15-7-10-19(25-2)20(11-15)26-3)14-21(24)22-18-9-8-16-5-4-6-17(16)12-18/h7-12H,4-6,13-14H2,1-3H3,(H,22,24)/p+1. The van der Waals surface area contributed by atoms with Gasteiger partial charge in [-0.1, -0.05) is 6.07 Å². The van der Waals surface area contributed by atoms with Crippen LogP contribution in [0.25, 0.3) is 0 Å². The maximum Gasteiger partial charge on any atom is 0.279 e. The Kier molecular flexibility index (Phi) is 5.78. The Morgan fingerprint density at radius 3 is 2.58 bits per heavy atom. The molecule has 2 N–H and O–H groups in total. The topological polar surface area (TPSA) is 52.0 Å². The molecule has 0 radical (unpaired) electrons. The van der Waals surface area contributed by atoms with Gasteiger partial charge < -0.3 is 19.7 Å². The van der Waals surface area contributed by atoms with E-state index in [0.29, 0.717) is 18.0 Å². The Morgan fingerprint density at radius 2 is 1.81 bits per heavy atom. The molecule has 3 rings (SSSR count). The maximum atomic E-state index is 12.4. The summed E-state index contributed by atoms with van der Waals surface area (Å²) >= 11 is 0. The highest BCUT2D eigenvalue weighted by molar-refractivity contribution is 5.91. The van der Waals surface area contributed by atoms with Crippen LogP contribution in [0, 0.1) is 0 Å². The molecular formula is C21H27N2O3+. The van der Waals surface area contributed by atoms with Gasteiger partial charge in [-0.2, -0.15) is 0 Å². The first kappa shape index (κ1) is 18.3. The van der Waals surface area contributed by atoms with Crippen molar-refractivity contribution in [2.24, 2.45) is 0 Å². The minimum atomic E-state index is 0.0286. The number of ether oxygens (including phenoxy) is 2. The van der Waals surface area contributed by atoms with Gasteiger partial charge in [0.1, 0.15) is 6.54 Å². The molecule has 0 fully saturated rings. The average molecular weight is 355 g/mol. The molecule has 0 aromatic heterocycles. The second-order valence-corrected chi connectivity index (χ2v) is 6.89. The summed E-state index contributed by atoms with van der Waals surface area (Å²) in [4.78, 5) is 13.5. The van der Waals surface area contributed by atoms with Crippen molar-refractivity contribution in [2.45, 2.75) is 25.8 Å². The number of methoxy groups -OCH3 is 2. The van der Waals surface area contributed by atoms with E-state index in [1.165, 1.54) is 17.5 Å². The fourth-order valence-electron chi connectivity index (χ4n) is 3.53. The van der Waals surface area contributed by atoms with Crippen molar-refractivity contribution >= 4 is 11.6 Å². The number of nitrogens with one attached hydrogen (secondary N) is 2. The molecule has 0 saturated carbocycles. The van der Waals surface area contributed by atoms with Gasteiger partial charge >= 0.3 is 0 Å². The van der Waals surface area contributed by atoms with E-state index in [4.69, 9.17) is 9.47 Å². The maximum absolute atomic E-state index is 12.4. The van der Waals surface area contributed by atoms with Crippen molar-refractivity contribution in [3.05, 3.63) is 53.1 Å². The number of benzene rings is 2. The molecular weight excluding hydrogens is 328 g/mol. The summed E-state index contributed by atoms with van der Waals surface area (Å²) in [7, 11) is 5.26. The van der Waals surface area contributed by atoms with Gasteiger partial charge in [0.05, 0.1) is 21.3 Å². The van der Waals surface area contributed by atoms with Crippen molar-refractivity contribution in [1.82, 2.24) is 0 Å². The van der Waals surface area contributed by atoms with Crippen molar-refractivity contribution in [3.63, 3.8) is 0 Å². The van der Waals surface area contributed by atoms with Gasteiger partial charge in [0, 0.05) is 11.3 Å². The van der Waals surface area contributed by atoms with E-state index in [0.717, 1.165) is 35.5 Å². The van der Waals surface area contributed by atoms with E-state index < -0.39 is 0 Å². The van der Waals surface area contributed by atoms with Gasteiger partial charge in [-0.3, -0.25) is 4.79 Å². The SMILES string of the molecule is COc1ccc(C[NH+](C)CC(=O)Nc2ccc3c(c2)CCC3)cc1OC. The van der Waals surface area contributed by atoms with Crippen molar-refractivity contribution in [1.29, 1.82) is 0 Å². The highest BCUT2D eigenvalue weighted by Gasteiger charge is 2.15. The third-order valence-corrected chi connectivity index (χ3v) is 4.80. The minimum Gasteiger partial charge on any atom is -0.493 e. The zero-order valence-electron chi connectivity index (χ0n) is 15.7. The zero-order chi connectivity index (χ0) is 18.5. The number of carbonyl (C=O) groups is 1. The first-order chi connectivity index (χ1) is 12.6. The van der Waals surface area contributed by atoms with E-state index in [-0.39, 0.29) is 5.91 Å². The molecule has 1 aliphatic rings. The minimum absolute atomic E-state index is 0.0286. The monoisotopic (exact) mass is 355 g/mol. The number of hydrogen-bond acceptors (Lipinski definition) is 3. The smallest absolute Gasteiger partial charge is 0.279 e. The number of hydrogen-bond donors (Lipinski definition) is 2. The summed E-state index contributed by atoms with van der Waals surface area (Å²) in [5.41, 5.74) is 4.79. The summed E-state index contributed by atoms with van der Waals surface area (Å²) in [6.07, 6.45) is 3.48. The van der Waals surface area contributed by atoms with E-state index in [1.807, 2.05) is 31.3 Å². The van der Waals surface area contributed by atoms with Crippen LogP contribution in [0.5, 0.6) is 11.5 Å². The Hall–Kier alpha value is -2.53. The van der Waals surface area contributed by atoms with Crippen LogP contribution in [-0.2, 0) is 24.2 Å². The number of aryl methyl sites for hydroxylation is 2. The lowest BCUT2D eigenvalue weighted by atomic mass is 10.1. The summed E-state index contributed by atoms with van der Waals surface area (Å²) in [5, 5.41) is 3.02. The highest BCUT2D eigenvalue weighted by Crippen LogP contribution is 2.27. The van der Waals surface area contributed by atoms with Gasteiger partial charge in [0.15, 0.2) is 18.0 Å². The van der Waals surface area contributed by atoms with Crippen LogP contribution in [0.15, 0.2) is 36.4 Å². The normalized spacial score (nSPS) is 13.8. The van der Waals surface area contributed by atoms with E-state index >= 15 is 0 Å². The third kappa shape index (κ3) is 4.35. The number of rotatable bonds is 7. The number of quaternary nitrogens is 1. The summed E-state index contributed by atoms with van der Waals surface area (Å²) in [5.74, 6) is 1.45. The fourth-order valence-corrected chi connectivity index (χ4v) is 3.53. The fraction of sp³-hybridized carbons (Fsp3) is 0.381. The molecule has 1 amide bonds. The van der Waals surface area contributed by atoms with Crippen LogP contribution in [0.3, 0.4) is 0 Å². The quantitative estimate of drug-likeness (QED) is 0.797. The Labute approximate surface area is 154 Å². The van der Waals surface area contributed by atoms with Crippen molar-refractivity contribution in [2.75, 3.05) is 33.1 Å². The van der Waals surface area contributed by atoms with Crippen molar-refractivity contribution in [3.8, 4) is 11.5 Å². The molecule has 5 heteroatoms. The van der Waals surface area contributed by atoms with Crippen molar-refractivity contribution < 1.29 is 19.2 Å². The lowest BCUT2D eigenvalue weighted by molar-refractivity contribution is -0.885. The molecule has 2 aromatic carbocycles. The van der Waals surface area contributed by atoms with Crippen LogP contribution >= 0.6 is 0 Å². The zero-order valence-corrected chi connectivity index (χ0v) is 15.7. The molecule has 1 atom stereocenters. The van der Waals surface area contributed by atoms with Gasteiger partial charge in [0.25, 0.3) is 5.91 Å². The van der Waals surface area contributed by atoms with Crippen LogP contribution < -0.4 is 19.7 Å². The average Bonchev–Trinajstić information content (AvgIpc) is 3.09. The van der Waals surface area contributed by atoms with Crippen LogP contribution in [-0.4, -0.2) is 33.7 Å². The predicted molar refractivity (Wildman–Crippen MR) is 102 cm³/mol. The van der Waals surface area contributed by atoms with E-state index in [1.54, 1.807) is 14.2 Å². The molecule has 5 nitrogen and oxygen atoms in total. The van der Waals surface area contributed by atoms with E-state index in [2.05, 4.69) is 17.4 Å². The molecule has 0 bridgehead atoms. The molecule has 0 spiro atoms. The lowest BCUT2D eigenvalue weighted by Crippen LogP contribution is -3.08. The van der Waals surface area contributed by atoms with Crippen LogP contribution in [0.2, 0.25) is 0 Å². The summed E-state index contributed by atoms with van der Waals surface area (Å²) in [6, 6.07) is 12.1. The predicted octanol–water partition coefficient (Wildman–Crippen LogP) is 1.85. The molecule has 1 aliphatic carbocycles. The highest BCUT2D eigenvalue weighted by atomic mass is 16.5. The summed E-state index contributed by atoms with van der Waals surface area (Å²) < 4.78 is 10.6. The molecule has 2 aromatic rings. The number of likely N-dealkylation sites (N-methyl/N-ethyl adjacent to an activating group) is 1. The number of carbonyl (C=O) groups excluding carboxylic acids is 1. The lowest BCUT2D eigenvalue weighted by Gasteiger charge is -2.15. The largest absolute Gasteiger partial charge is 0.493 e. The molecule has 0 aliphatic heterocycles. The molecule has 0 heterocycles. The van der Waals surface area contributed by atoms with Gasteiger partial charge in [-0.05, 0) is 60.7 Å². The van der Waals surface area contributed by atoms with Gasteiger partial charge in [0.2, 0.25) is 0 Å². The van der Waals surface area contributed by atoms with Crippen LogP contribution in [0.1, 0.15) is 23.1 Å². The second-order valence-electron chi connectivity index (χ2n) is 6.89. The second kappa shape index (κ2) is 8.23. The Morgan fingerprint density at radius 1 is 1.04 bits per heavy atom. The van der Waals surface area contributed by atoms with E-state index in [9.17, 15) is 4.79 Å². The molecule has 1 unspecified atom stereocenters. The number of amides is 1. The number of anilines is 1. The first-order valence-electron chi connectivity index (χ1n) is 9.03. The molecule has 0 saturated heterocycles. The molecule has 26 heavy (non-hydrogen) atoms.